The van der Waals surface area contributed by atoms with Crippen LogP contribution in [0.1, 0.15) is 19.8 Å². The van der Waals surface area contributed by atoms with E-state index in [-0.39, 0.29) is 0 Å². The van der Waals surface area contributed by atoms with E-state index in [1.54, 1.807) is 0 Å². The van der Waals surface area contributed by atoms with Crippen molar-refractivity contribution in [1.29, 1.82) is 0 Å². The van der Waals surface area contributed by atoms with Gasteiger partial charge in [-0.25, -0.2) is 0 Å². The Morgan fingerprint density at radius 1 is 1.24 bits per heavy atom. The van der Waals surface area contributed by atoms with Gasteiger partial charge in [-0.1, -0.05) is 25.5 Å². The molecule has 0 radical (unpaired) electrons. The topological polar surface area (TPSA) is 37.0 Å². The predicted octanol–water partition coefficient (Wildman–Crippen LogP) is 2.94. The van der Waals surface area contributed by atoms with Crippen molar-refractivity contribution in [3.63, 3.8) is 0 Å². The molecule has 0 aliphatic heterocycles. The first kappa shape index (κ1) is 12.0. The zero-order chi connectivity index (χ0) is 11.9. The highest BCUT2D eigenvalue weighted by Gasteiger charge is 2.02. The number of benzene rings is 1. The summed E-state index contributed by atoms with van der Waals surface area (Å²) in [4.78, 5) is 3.20. The van der Waals surface area contributed by atoms with Crippen LogP contribution in [0.5, 0.6) is 5.75 Å². The van der Waals surface area contributed by atoms with Gasteiger partial charge in [-0.2, -0.15) is 0 Å². The Morgan fingerprint density at radius 3 is 3.00 bits per heavy atom. The number of H-pyrrole nitrogens is 1. The number of fused-ring (bicyclic) bond motifs is 1. The van der Waals surface area contributed by atoms with Gasteiger partial charge in [-0.15, -0.1) is 0 Å². The molecule has 17 heavy (non-hydrogen) atoms. The van der Waals surface area contributed by atoms with Crippen LogP contribution < -0.4 is 10.1 Å². The van der Waals surface area contributed by atoms with E-state index in [1.807, 2.05) is 18.3 Å². The lowest BCUT2D eigenvalue weighted by Gasteiger charge is -2.06. The van der Waals surface area contributed by atoms with Crippen LogP contribution in [0.15, 0.2) is 30.5 Å². The van der Waals surface area contributed by atoms with Gasteiger partial charge in [0.1, 0.15) is 12.4 Å². The van der Waals surface area contributed by atoms with Crippen LogP contribution in [0.4, 0.5) is 0 Å². The molecule has 3 heteroatoms. The lowest BCUT2D eigenvalue weighted by atomic mass is 10.2. The summed E-state index contributed by atoms with van der Waals surface area (Å²) >= 11 is 0. The summed E-state index contributed by atoms with van der Waals surface area (Å²) in [5.74, 6) is 0.942. The summed E-state index contributed by atoms with van der Waals surface area (Å²) in [7, 11) is 0. The Kier molecular flexibility index (Phi) is 4.45. The highest BCUT2D eigenvalue weighted by atomic mass is 16.5. The molecule has 0 aliphatic carbocycles. The third-order valence-corrected chi connectivity index (χ3v) is 2.79. The molecule has 2 rings (SSSR count). The van der Waals surface area contributed by atoms with E-state index >= 15 is 0 Å². The minimum Gasteiger partial charge on any atom is -0.490 e. The minimum absolute atomic E-state index is 0.714. The van der Waals surface area contributed by atoms with Crippen molar-refractivity contribution < 1.29 is 4.74 Å². The highest BCUT2D eigenvalue weighted by Crippen LogP contribution is 2.24. The summed E-state index contributed by atoms with van der Waals surface area (Å²) in [6.45, 7) is 4.89. The van der Waals surface area contributed by atoms with Crippen LogP contribution in [-0.2, 0) is 0 Å². The highest BCUT2D eigenvalue weighted by molar-refractivity contribution is 5.85. The molecule has 1 aromatic heterocycles. The van der Waals surface area contributed by atoms with Crippen molar-refractivity contribution in [3.8, 4) is 5.75 Å². The normalized spacial score (nSPS) is 10.9. The van der Waals surface area contributed by atoms with E-state index in [2.05, 4.69) is 29.4 Å². The number of nitrogens with one attached hydrogen (secondary N) is 2. The quantitative estimate of drug-likeness (QED) is 0.720. The Morgan fingerprint density at radius 2 is 2.12 bits per heavy atom. The second kappa shape index (κ2) is 6.30. The number of aromatic amines is 1. The largest absolute Gasteiger partial charge is 0.490 e. The monoisotopic (exact) mass is 232 g/mol. The van der Waals surface area contributed by atoms with Gasteiger partial charge in [0.2, 0.25) is 0 Å². The van der Waals surface area contributed by atoms with Crippen molar-refractivity contribution >= 4 is 10.9 Å². The third-order valence-electron chi connectivity index (χ3n) is 2.79. The van der Waals surface area contributed by atoms with Gasteiger partial charge in [-0.3, -0.25) is 0 Å². The van der Waals surface area contributed by atoms with Gasteiger partial charge in [-0.05, 0) is 25.1 Å². The number of hydrogen-bond acceptors (Lipinski definition) is 2. The van der Waals surface area contributed by atoms with E-state index in [0.29, 0.717) is 6.61 Å². The van der Waals surface area contributed by atoms with Gasteiger partial charge in [0.05, 0.1) is 0 Å². The van der Waals surface area contributed by atoms with Gasteiger partial charge in [0.15, 0.2) is 0 Å². The molecule has 2 aromatic rings. The number of hydrogen-bond donors (Lipinski definition) is 2. The number of unbranched alkanes of at least 4 members (excludes halogenated alkanes) is 1. The van der Waals surface area contributed by atoms with Crippen molar-refractivity contribution in [3.05, 3.63) is 30.5 Å². The number of ether oxygens (including phenoxy) is 1. The number of para-hydroxylation sites is 1. The van der Waals surface area contributed by atoms with E-state index in [0.717, 1.165) is 29.7 Å². The summed E-state index contributed by atoms with van der Waals surface area (Å²) in [5.41, 5.74) is 1.13. The summed E-state index contributed by atoms with van der Waals surface area (Å²) < 4.78 is 5.75. The molecule has 0 spiro atoms. The van der Waals surface area contributed by atoms with Gasteiger partial charge < -0.3 is 15.0 Å². The molecule has 0 fully saturated rings. The third kappa shape index (κ3) is 3.24. The summed E-state index contributed by atoms with van der Waals surface area (Å²) in [6.07, 6.45) is 4.39. The maximum Gasteiger partial charge on any atom is 0.144 e. The molecule has 1 aromatic carbocycles. The molecule has 0 saturated carbocycles. The van der Waals surface area contributed by atoms with Gasteiger partial charge >= 0.3 is 0 Å². The first-order valence-electron chi connectivity index (χ1n) is 6.31. The average molecular weight is 232 g/mol. The second-order valence-corrected chi connectivity index (χ2v) is 4.15. The van der Waals surface area contributed by atoms with Gasteiger partial charge in [0, 0.05) is 23.6 Å². The molecule has 3 nitrogen and oxygen atoms in total. The first-order chi connectivity index (χ1) is 8.42. The van der Waals surface area contributed by atoms with Crippen LogP contribution in [0.25, 0.3) is 10.9 Å². The standard InChI is InChI=1S/C14H20N2O/c1-2-3-8-15-9-10-17-14-11-16-13-7-5-4-6-12(13)14/h4-7,11,15-16H,2-3,8-10H2,1H3. The predicted molar refractivity (Wildman–Crippen MR) is 71.6 cm³/mol. The van der Waals surface area contributed by atoms with Crippen LogP contribution in [0.2, 0.25) is 0 Å². The number of rotatable bonds is 7. The molecule has 0 saturated heterocycles. The minimum atomic E-state index is 0.714. The lowest BCUT2D eigenvalue weighted by molar-refractivity contribution is 0.317. The Balaban J connectivity index is 1.79. The molecule has 92 valence electrons. The SMILES string of the molecule is CCCCNCCOc1c[nH]c2ccccc12. The lowest BCUT2D eigenvalue weighted by Crippen LogP contribution is -2.21. The van der Waals surface area contributed by atoms with E-state index in [1.165, 1.54) is 12.8 Å². The second-order valence-electron chi connectivity index (χ2n) is 4.15. The molecule has 0 amide bonds. The fourth-order valence-electron chi connectivity index (χ4n) is 1.82. The fourth-order valence-corrected chi connectivity index (χ4v) is 1.82. The Bertz CT molecular complexity index is 450. The molecule has 0 aliphatic rings. The van der Waals surface area contributed by atoms with E-state index in [4.69, 9.17) is 4.74 Å². The Hall–Kier alpha value is -1.48. The summed E-state index contributed by atoms with van der Waals surface area (Å²) in [5, 5.41) is 4.52. The van der Waals surface area contributed by atoms with Crippen molar-refractivity contribution in [2.24, 2.45) is 0 Å². The molecule has 0 bridgehead atoms. The average Bonchev–Trinajstić information content (AvgIpc) is 2.77. The van der Waals surface area contributed by atoms with E-state index in [9.17, 15) is 0 Å². The molecule has 2 N–H and O–H groups in total. The van der Waals surface area contributed by atoms with Crippen LogP contribution >= 0.6 is 0 Å². The van der Waals surface area contributed by atoms with Crippen molar-refractivity contribution in [2.45, 2.75) is 19.8 Å². The summed E-state index contributed by atoms with van der Waals surface area (Å²) in [6, 6.07) is 8.19. The van der Waals surface area contributed by atoms with Gasteiger partial charge in [0.25, 0.3) is 0 Å². The Labute approximate surface area is 102 Å². The first-order valence-corrected chi connectivity index (χ1v) is 6.31. The van der Waals surface area contributed by atoms with Crippen molar-refractivity contribution in [1.82, 2.24) is 10.3 Å². The molecular weight excluding hydrogens is 212 g/mol. The molecule has 0 unspecified atom stereocenters. The zero-order valence-corrected chi connectivity index (χ0v) is 10.3. The zero-order valence-electron chi connectivity index (χ0n) is 10.3. The van der Waals surface area contributed by atoms with E-state index < -0.39 is 0 Å². The van der Waals surface area contributed by atoms with Crippen LogP contribution in [0.3, 0.4) is 0 Å². The fraction of sp³-hybridized carbons (Fsp3) is 0.429. The van der Waals surface area contributed by atoms with Crippen LogP contribution in [0, 0.1) is 0 Å². The molecule has 0 atom stereocenters. The maximum atomic E-state index is 5.75. The molecular formula is C14H20N2O. The smallest absolute Gasteiger partial charge is 0.144 e. The molecule has 1 heterocycles. The maximum absolute atomic E-state index is 5.75. The number of aromatic nitrogens is 1. The van der Waals surface area contributed by atoms with Crippen LogP contribution in [-0.4, -0.2) is 24.7 Å². The van der Waals surface area contributed by atoms with Crippen molar-refractivity contribution in [2.75, 3.05) is 19.7 Å².